The summed E-state index contributed by atoms with van der Waals surface area (Å²) in [6.45, 7) is 8.48. The zero-order valence-corrected chi connectivity index (χ0v) is 14.9. The molecule has 25 heavy (non-hydrogen) atoms. The lowest BCUT2D eigenvalue weighted by atomic mass is 10.1. The molecule has 0 aliphatic rings. The van der Waals surface area contributed by atoms with Gasteiger partial charge in [0.1, 0.15) is 11.2 Å². The van der Waals surface area contributed by atoms with Crippen LogP contribution >= 0.6 is 0 Å². The Bertz CT molecular complexity index is 1040. The van der Waals surface area contributed by atoms with Crippen LogP contribution in [0.1, 0.15) is 26.3 Å². The van der Waals surface area contributed by atoms with Crippen molar-refractivity contribution in [2.24, 2.45) is 0 Å². The molecule has 126 valence electrons. The molecule has 0 saturated carbocycles. The molecule has 0 saturated heterocycles. The summed E-state index contributed by atoms with van der Waals surface area (Å²) in [4.78, 5) is 4.61. The van der Waals surface area contributed by atoms with E-state index in [-0.39, 0.29) is 5.54 Å². The maximum Gasteiger partial charge on any atom is 0.248 e. The van der Waals surface area contributed by atoms with Crippen LogP contribution in [0.2, 0.25) is 0 Å². The largest absolute Gasteiger partial charge is 0.435 e. The Balaban J connectivity index is 1.89. The molecule has 4 rings (SSSR count). The van der Waals surface area contributed by atoms with Crippen LogP contribution in [0, 0.1) is 6.92 Å². The lowest BCUT2D eigenvalue weighted by Crippen LogP contribution is -2.24. The van der Waals surface area contributed by atoms with Gasteiger partial charge in [0.15, 0.2) is 5.58 Å². The van der Waals surface area contributed by atoms with Gasteiger partial charge in [-0.15, -0.1) is 0 Å². The molecule has 0 aliphatic carbocycles. The average Bonchev–Trinajstić information content (AvgIpc) is 3.18. The van der Waals surface area contributed by atoms with Crippen molar-refractivity contribution in [3.05, 3.63) is 60.2 Å². The molecule has 0 N–H and O–H groups in total. The van der Waals surface area contributed by atoms with E-state index in [1.165, 1.54) is 0 Å². The first-order valence-corrected chi connectivity index (χ1v) is 8.45. The van der Waals surface area contributed by atoms with Gasteiger partial charge in [0, 0.05) is 0 Å². The summed E-state index contributed by atoms with van der Waals surface area (Å²) in [6.07, 6.45) is 0. The van der Waals surface area contributed by atoms with Crippen molar-refractivity contribution < 1.29 is 4.42 Å². The Kier molecular flexibility index (Phi) is 3.49. The number of hydrogen-bond donors (Lipinski definition) is 0. The highest BCUT2D eigenvalue weighted by molar-refractivity contribution is 5.77. The Labute approximate surface area is 147 Å². The lowest BCUT2D eigenvalue weighted by Gasteiger charge is -2.22. The Hall–Kier alpha value is -2.88. The number of oxazole rings is 1. The second kappa shape index (κ2) is 5.59. The fourth-order valence-electron chi connectivity index (χ4n) is 2.95. The van der Waals surface area contributed by atoms with Gasteiger partial charge >= 0.3 is 0 Å². The van der Waals surface area contributed by atoms with Crippen molar-refractivity contribution in [3.63, 3.8) is 0 Å². The van der Waals surface area contributed by atoms with E-state index in [9.17, 15) is 0 Å². The maximum atomic E-state index is 5.96. The van der Waals surface area contributed by atoms with Gasteiger partial charge in [0.2, 0.25) is 5.89 Å². The van der Waals surface area contributed by atoms with Crippen LogP contribution in [-0.4, -0.2) is 14.8 Å². The van der Waals surface area contributed by atoms with E-state index < -0.39 is 0 Å². The van der Waals surface area contributed by atoms with Gasteiger partial charge in [-0.1, -0.05) is 36.4 Å². The van der Waals surface area contributed by atoms with Crippen molar-refractivity contribution >= 4 is 11.1 Å². The minimum absolute atomic E-state index is 0.147. The predicted molar refractivity (Wildman–Crippen MR) is 100 cm³/mol. The summed E-state index contributed by atoms with van der Waals surface area (Å²) in [5.74, 6) is 0.556. The first kappa shape index (κ1) is 15.6. The predicted octanol–water partition coefficient (Wildman–Crippen LogP) is 5.42. The SMILES string of the molecule is Cc1ccc2nc(-c3cc(-c4ccccc4)n(C(C)(C)C)n3)oc2c1. The quantitative estimate of drug-likeness (QED) is 0.492. The van der Waals surface area contributed by atoms with Gasteiger partial charge in [-0.3, -0.25) is 4.68 Å². The summed E-state index contributed by atoms with van der Waals surface area (Å²) in [7, 11) is 0. The molecule has 2 aromatic carbocycles. The van der Waals surface area contributed by atoms with Crippen molar-refractivity contribution in [2.75, 3.05) is 0 Å². The zero-order valence-electron chi connectivity index (χ0n) is 14.9. The van der Waals surface area contributed by atoms with E-state index >= 15 is 0 Å². The third-order valence-corrected chi connectivity index (χ3v) is 4.18. The molecule has 2 heterocycles. The molecule has 0 aliphatic heterocycles. The Morgan fingerprint density at radius 2 is 1.72 bits per heavy atom. The standard InChI is InChI=1S/C21H21N3O/c1-14-10-11-16-19(12-14)25-20(22-16)17-13-18(15-8-6-5-7-9-15)24(23-17)21(2,3)4/h5-13H,1-4H3. The zero-order chi connectivity index (χ0) is 17.6. The summed E-state index contributed by atoms with van der Waals surface area (Å²) in [5, 5.41) is 4.81. The van der Waals surface area contributed by atoms with E-state index in [2.05, 4.69) is 44.0 Å². The molecular weight excluding hydrogens is 310 g/mol. The second-order valence-corrected chi connectivity index (χ2v) is 7.35. The van der Waals surface area contributed by atoms with Crippen molar-refractivity contribution in [3.8, 4) is 22.8 Å². The summed E-state index contributed by atoms with van der Waals surface area (Å²) in [6, 6.07) is 18.4. The molecular formula is C21H21N3O. The highest BCUT2D eigenvalue weighted by Gasteiger charge is 2.23. The first-order valence-electron chi connectivity index (χ1n) is 8.45. The highest BCUT2D eigenvalue weighted by Crippen LogP contribution is 2.31. The molecule has 0 atom stereocenters. The van der Waals surface area contributed by atoms with Crippen LogP contribution in [0.25, 0.3) is 33.9 Å². The van der Waals surface area contributed by atoms with Gasteiger partial charge in [-0.25, -0.2) is 4.98 Å². The van der Waals surface area contributed by atoms with E-state index in [0.29, 0.717) is 5.89 Å². The number of aromatic nitrogens is 3. The summed E-state index contributed by atoms with van der Waals surface area (Å²) < 4.78 is 8.00. The molecule has 4 heteroatoms. The number of aryl methyl sites for hydroxylation is 1. The molecule has 4 nitrogen and oxygen atoms in total. The third kappa shape index (κ3) is 2.84. The van der Waals surface area contributed by atoms with Crippen molar-refractivity contribution in [1.82, 2.24) is 14.8 Å². The second-order valence-electron chi connectivity index (χ2n) is 7.35. The number of hydrogen-bond acceptors (Lipinski definition) is 3. The van der Waals surface area contributed by atoms with E-state index in [1.54, 1.807) is 0 Å². The van der Waals surface area contributed by atoms with Gasteiger partial charge in [-0.05, 0) is 57.0 Å². The molecule has 0 spiro atoms. The fraction of sp³-hybridized carbons (Fsp3) is 0.238. The lowest BCUT2D eigenvalue weighted by molar-refractivity contribution is 0.360. The van der Waals surface area contributed by atoms with E-state index in [1.807, 2.05) is 48.0 Å². The van der Waals surface area contributed by atoms with Crippen LogP contribution in [-0.2, 0) is 5.54 Å². The van der Waals surface area contributed by atoms with Crippen molar-refractivity contribution in [2.45, 2.75) is 33.2 Å². The molecule has 4 aromatic rings. The van der Waals surface area contributed by atoms with Gasteiger partial charge < -0.3 is 4.42 Å². The van der Waals surface area contributed by atoms with E-state index in [4.69, 9.17) is 9.52 Å². The Morgan fingerprint density at radius 1 is 0.960 bits per heavy atom. The van der Waals surface area contributed by atoms with Gasteiger partial charge in [-0.2, -0.15) is 5.10 Å². The average molecular weight is 331 g/mol. The third-order valence-electron chi connectivity index (χ3n) is 4.18. The van der Waals surface area contributed by atoms with Crippen LogP contribution in [0.5, 0.6) is 0 Å². The molecule has 0 unspecified atom stereocenters. The molecule has 0 bridgehead atoms. The van der Waals surface area contributed by atoms with E-state index in [0.717, 1.165) is 33.6 Å². The normalized spacial score (nSPS) is 12.0. The smallest absolute Gasteiger partial charge is 0.248 e. The van der Waals surface area contributed by atoms with Crippen molar-refractivity contribution in [1.29, 1.82) is 0 Å². The van der Waals surface area contributed by atoms with Crippen LogP contribution in [0.4, 0.5) is 0 Å². The minimum Gasteiger partial charge on any atom is -0.435 e. The maximum absolute atomic E-state index is 5.96. The number of rotatable bonds is 2. The molecule has 0 fully saturated rings. The number of nitrogens with zero attached hydrogens (tertiary/aromatic N) is 3. The first-order chi connectivity index (χ1) is 11.9. The minimum atomic E-state index is -0.147. The molecule has 0 radical (unpaired) electrons. The number of fused-ring (bicyclic) bond motifs is 1. The molecule has 0 amide bonds. The molecule has 2 aromatic heterocycles. The van der Waals surface area contributed by atoms with Crippen LogP contribution in [0.3, 0.4) is 0 Å². The Morgan fingerprint density at radius 3 is 2.44 bits per heavy atom. The highest BCUT2D eigenvalue weighted by atomic mass is 16.3. The topological polar surface area (TPSA) is 43.9 Å². The summed E-state index contributed by atoms with van der Waals surface area (Å²) in [5.41, 5.74) is 5.59. The van der Waals surface area contributed by atoms with Crippen LogP contribution in [0.15, 0.2) is 59.0 Å². The van der Waals surface area contributed by atoms with Gasteiger partial charge in [0.05, 0.1) is 11.2 Å². The monoisotopic (exact) mass is 331 g/mol. The van der Waals surface area contributed by atoms with Gasteiger partial charge in [0.25, 0.3) is 0 Å². The van der Waals surface area contributed by atoms with Crippen LogP contribution < -0.4 is 0 Å². The fourth-order valence-corrected chi connectivity index (χ4v) is 2.95. The summed E-state index contributed by atoms with van der Waals surface area (Å²) >= 11 is 0. The number of benzene rings is 2.